The topological polar surface area (TPSA) is 75.4 Å². The number of nitrogens with zero attached hydrogens (tertiary/aromatic N) is 1. The Labute approximate surface area is 118 Å². The number of hydrogen-bond donors (Lipinski definition) is 2. The van der Waals surface area contributed by atoms with Crippen LogP contribution in [-0.4, -0.2) is 53.4 Å². The number of hydrogen-bond acceptors (Lipinski definition) is 4. The van der Waals surface area contributed by atoms with E-state index >= 15 is 0 Å². The summed E-state index contributed by atoms with van der Waals surface area (Å²) in [6.07, 6.45) is 6.47. The molecule has 108 valence electrons. The van der Waals surface area contributed by atoms with Gasteiger partial charge in [-0.15, -0.1) is 0 Å². The molecule has 2 rings (SSSR count). The first-order valence-electron chi connectivity index (χ1n) is 6.99. The van der Waals surface area contributed by atoms with Crippen LogP contribution >= 0.6 is 11.8 Å². The maximum atomic E-state index is 12.3. The molecular formula is C13H23N3O2S. The standard InChI is InChI=1S/C13H23N3O2S/c1-19-8-6-10(14)13(18)16-7-2-3-11(16)12(17)15-9-4-5-9/h9-11H,2-8,14H2,1H3,(H,15,17)/t10-,11?/m0/s1. The van der Waals surface area contributed by atoms with Gasteiger partial charge in [-0.2, -0.15) is 11.8 Å². The monoisotopic (exact) mass is 285 g/mol. The van der Waals surface area contributed by atoms with E-state index in [0.717, 1.165) is 31.4 Å². The number of likely N-dealkylation sites (tertiary alicyclic amines) is 1. The molecule has 0 spiro atoms. The van der Waals surface area contributed by atoms with Gasteiger partial charge in [0.25, 0.3) is 0 Å². The number of thioether (sulfide) groups is 1. The zero-order valence-electron chi connectivity index (χ0n) is 11.4. The van der Waals surface area contributed by atoms with Crippen molar-refractivity contribution in [1.82, 2.24) is 10.2 Å². The Bertz CT molecular complexity index is 347. The van der Waals surface area contributed by atoms with E-state index in [2.05, 4.69) is 5.32 Å². The molecule has 0 aromatic carbocycles. The molecule has 1 saturated heterocycles. The van der Waals surface area contributed by atoms with Gasteiger partial charge in [0.15, 0.2) is 0 Å². The maximum absolute atomic E-state index is 12.3. The summed E-state index contributed by atoms with van der Waals surface area (Å²) in [5.74, 6) is 0.813. The third-order valence-corrected chi connectivity index (χ3v) is 4.36. The molecular weight excluding hydrogens is 262 g/mol. The zero-order chi connectivity index (χ0) is 13.8. The number of nitrogens with two attached hydrogens (primary N) is 1. The molecule has 0 aromatic heterocycles. The fraction of sp³-hybridized carbons (Fsp3) is 0.846. The average Bonchev–Trinajstić information content (AvgIpc) is 3.08. The molecule has 0 aromatic rings. The van der Waals surface area contributed by atoms with Crippen LogP contribution in [0, 0.1) is 0 Å². The van der Waals surface area contributed by atoms with E-state index in [4.69, 9.17) is 5.73 Å². The van der Waals surface area contributed by atoms with Gasteiger partial charge in [-0.05, 0) is 44.1 Å². The van der Waals surface area contributed by atoms with Crippen molar-refractivity contribution >= 4 is 23.6 Å². The summed E-state index contributed by atoms with van der Waals surface area (Å²) in [7, 11) is 0. The van der Waals surface area contributed by atoms with Crippen LogP contribution in [0.3, 0.4) is 0 Å². The minimum Gasteiger partial charge on any atom is -0.352 e. The summed E-state index contributed by atoms with van der Waals surface area (Å²) in [5, 5.41) is 2.98. The van der Waals surface area contributed by atoms with Gasteiger partial charge in [-0.25, -0.2) is 0 Å². The van der Waals surface area contributed by atoms with Crippen molar-refractivity contribution in [3.05, 3.63) is 0 Å². The minimum atomic E-state index is -0.471. The van der Waals surface area contributed by atoms with Crippen LogP contribution in [0.15, 0.2) is 0 Å². The summed E-state index contributed by atoms with van der Waals surface area (Å²) in [4.78, 5) is 26.1. The van der Waals surface area contributed by atoms with Crippen molar-refractivity contribution < 1.29 is 9.59 Å². The molecule has 1 unspecified atom stereocenters. The summed E-state index contributed by atoms with van der Waals surface area (Å²) < 4.78 is 0. The molecule has 5 nitrogen and oxygen atoms in total. The summed E-state index contributed by atoms with van der Waals surface area (Å²) in [6, 6.07) is -0.426. The quantitative estimate of drug-likeness (QED) is 0.738. The summed E-state index contributed by atoms with van der Waals surface area (Å²) >= 11 is 1.68. The number of nitrogens with one attached hydrogen (secondary N) is 1. The Morgan fingerprint density at radius 3 is 2.79 bits per heavy atom. The summed E-state index contributed by atoms with van der Waals surface area (Å²) in [6.45, 7) is 0.661. The third kappa shape index (κ3) is 3.86. The van der Waals surface area contributed by atoms with Crippen molar-refractivity contribution in [2.24, 2.45) is 5.73 Å². The lowest BCUT2D eigenvalue weighted by molar-refractivity contribution is -0.139. The van der Waals surface area contributed by atoms with E-state index in [1.807, 2.05) is 6.26 Å². The fourth-order valence-corrected chi connectivity index (χ4v) is 2.90. The van der Waals surface area contributed by atoms with Crippen molar-refractivity contribution in [3.8, 4) is 0 Å². The first-order valence-corrected chi connectivity index (χ1v) is 8.38. The molecule has 19 heavy (non-hydrogen) atoms. The number of carbonyl (C=O) groups excluding carboxylic acids is 2. The molecule has 2 atom stereocenters. The van der Waals surface area contributed by atoms with E-state index in [0.29, 0.717) is 19.0 Å². The Balaban J connectivity index is 1.89. The second-order valence-electron chi connectivity index (χ2n) is 5.36. The highest BCUT2D eigenvalue weighted by molar-refractivity contribution is 7.98. The molecule has 1 aliphatic carbocycles. The Hall–Kier alpha value is -0.750. The van der Waals surface area contributed by atoms with Gasteiger partial charge in [-0.3, -0.25) is 9.59 Å². The second-order valence-corrected chi connectivity index (χ2v) is 6.35. The van der Waals surface area contributed by atoms with Crippen molar-refractivity contribution in [3.63, 3.8) is 0 Å². The van der Waals surface area contributed by atoms with E-state index in [1.165, 1.54) is 0 Å². The van der Waals surface area contributed by atoms with E-state index in [9.17, 15) is 9.59 Å². The molecule has 1 saturated carbocycles. The zero-order valence-corrected chi connectivity index (χ0v) is 12.2. The van der Waals surface area contributed by atoms with Crippen molar-refractivity contribution in [2.45, 2.75) is 50.2 Å². The normalized spacial score (nSPS) is 24.3. The van der Waals surface area contributed by atoms with E-state index in [-0.39, 0.29) is 17.9 Å². The molecule has 6 heteroatoms. The van der Waals surface area contributed by atoms with Gasteiger partial charge in [0.2, 0.25) is 11.8 Å². The molecule has 0 radical (unpaired) electrons. The highest BCUT2D eigenvalue weighted by Gasteiger charge is 2.37. The van der Waals surface area contributed by atoms with Gasteiger partial charge in [-0.1, -0.05) is 0 Å². The highest BCUT2D eigenvalue weighted by Crippen LogP contribution is 2.23. The Kier molecular flexibility index (Phi) is 5.10. The number of carbonyl (C=O) groups is 2. The van der Waals surface area contributed by atoms with Crippen LogP contribution in [0.1, 0.15) is 32.1 Å². The molecule has 2 fully saturated rings. The van der Waals surface area contributed by atoms with Gasteiger partial charge in [0.1, 0.15) is 6.04 Å². The Morgan fingerprint density at radius 2 is 2.16 bits per heavy atom. The Morgan fingerprint density at radius 1 is 1.42 bits per heavy atom. The van der Waals surface area contributed by atoms with Gasteiger partial charge >= 0.3 is 0 Å². The first kappa shape index (κ1) is 14.7. The van der Waals surface area contributed by atoms with Crippen LogP contribution in [0.25, 0.3) is 0 Å². The van der Waals surface area contributed by atoms with Crippen LogP contribution in [0.5, 0.6) is 0 Å². The maximum Gasteiger partial charge on any atom is 0.243 e. The van der Waals surface area contributed by atoms with E-state index in [1.54, 1.807) is 16.7 Å². The molecule has 1 aliphatic heterocycles. The smallest absolute Gasteiger partial charge is 0.243 e. The molecule has 1 heterocycles. The van der Waals surface area contributed by atoms with Crippen molar-refractivity contribution in [2.75, 3.05) is 18.6 Å². The van der Waals surface area contributed by atoms with E-state index < -0.39 is 6.04 Å². The predicted molar refractivity (Wildman–Crippen MR) is 76.9 cm³/mol. The highest BCUT2D eigenvalue weighted by atomic mass is 32.2. The molecule has 0 bridgehead atoms. The average molecular weight is 285 g/mol. The first-order chi connectivity index (χ1) is 9.13. The molecule has 3 N–H and O–H groups in total. The molecule has 2 aliphatic rings. The van der Waals surface area contributed by atoms with Gasteiger partial charge in [0.05, 0.1) is 6.04 Å². The predicted octanol–water partition coefficient (Wildman–Crippen LogP) is 0.336. The van der Waals surface area contributed by atoms with Gasteiger partial charge < -0.3 is 16.0 Å². The van der Waals surface area contributed by atoms with Crippen LogP contribution in [-0.2, 0) is 9.59 Å². The lowest BCUT2D eigenvalue weighted by atomic mass is 10.1. The second kappa shape index (κ2) is 6.61. The molecule has 2 amide bonds. The van der Waals surface area contributed by atoms with Crippen LogP contribution in [0.2, 0.25) is 0 Å². The summed E-state index contributed by atoms with van der Waals surface area (Å²) in [5.41, 5.74) is 5.92. The largest absolute Gasteiger partial charge is 0.352 e. The number of amides is 2. The van der Waals surface area contributed by atoms with Crippen molar-refractivity contribution in [1.29, 1.82) is 0 Å². The van der Waals surface area contributed by atoms with Crippen LogP contribution in [0.4, 0.5) is 0 Å². The third-order valence-electron chi connectivity index (χ3n) is 3.71. The minimum absolute atomic E-state index is 0.00502. The number of rotatable bonds is 6. The fourth-order valence-electron chi connectivity index (χ4n) is 2.41. The lowest BCUT2D eigenvalue weighted by Crippen LogP contribution is -2.51. The SMILES string of the molecule is CSCC[C@H](N)C(=O)N1CCCC1C(=O)NC1CC1. The lowest BCUT2D eigenvalue weighted by Gasteiger charge is -2.26. The van der Waals surface area contributed by atoms with Gasteiger partial charge in [0, 0.05) is 12.6 Å². The van der Waals surface area contributed by atoms with Crippen LogP contribution < -0.4 is 11.1 Å².